The predicted molar refractivity (Wildman–Crippen MR) is 60.5 cm³/mol. The van der Waals surface area contributed by atoms with Crippen LogP contribution in [0.1, 0.15) is 31.4 Å². The van der Waals surface area contributed by atoms with Crippen LogP contribution in [0.5, 0.6) is 5.88 Å². The lowest BCUT2D eigenvalue weighted by Gasteiger charge is -2.11. The van der Waals surface area contributed by atoms with Gasteiger partial charge in [-0.15, -0.1) is 0 Å². The third-order valence-electron chi connectivity index (χ3n) is 2.85. The Balaban J connectivity index is 2.00. The van der Waals surface area contributed by atoms with Gasteiger partial charge in [0, 0.05) is 12.4 Å². The monoisotopic (exact) mass is 220 g/mol. The molecule has 2 rings (SSSR count). The maximum atomic E-state index is 7.36. The Labute approximate surface area is 94.6 Å². The molecule has 0 radical (unpaired) electrons. The van der Waals surface area contributed by atoms with Gasteiger partial charge in [0.05, 0.1) is 6.61 Å². The molecule has 1 saturated carbocycles. The lowest BCUT2D eigenvalue weighted by Crippen LogP contribution is -2.17. The van der Waals surface area contributed by atoms with Crippen LogP contribution in [0.3, 0.4) is 0 Å². The maximum Gasteiger partial charge on any atom is 0.243 e. The molecule has 86 valence electrons. The van der Waals surface area contributed by atoms with E-state index >= 15 is 0 Å². The van der Waals surface area contributed by atoms with Gasteiger partial charge in [0.1, 0.15) is 5.84 Å². The van der Waals surface area contributed by atoms with E-state index < -0.39 is 0 Å². The second kappa shape index (κ2) is 4.92. The van der Waals surface area contributed by atoms with Crippen LogP contribution in [0.25, 0.3) is 0 Å². The second-order valence-electron chi connectivity index (χ2n) is 4.09. The molecule has 1 aliphatic carbocycles. The number of aromatic nitrogens is 2. The van der Waals surface area contributed by atoms with Crippen LogP contribution in [0.2, 0.25) is 0 Å². The van der Waals surface area contributed by atoms with Gasteiger partial charge in [-0.2, -0.15) is 0 Å². The molecule has 0 amide bonds. The highest BCUT2D eigenvalue weighted by atomic mass is 16.5. The summed E-state index contributed by atoms with van der Waals surface area (Å²) in [6.45, 7) is 0.652. The summed E-state index contributed by atoms with van der Waals surface area (Å²) in [5, 5.41) is 7.36. The summed E-state index contributed by atoms with van der Waals surface area (Å²) in [5.41, 5.74) is 5.73. The van der Waals surface area contributed by atoms with Crippen molar-refractivity contribution in [2.45, 2.75) is 25.7 Å². The number of nitrogens with one attached hydrogen (secondary N) is 1. The maximum absolute atomic E-state index is 7.36. The molecule has 1 heterocycles. The molecule has 3 N–H and O–H groups in total. The number of nitrogen functional groups attached to an aromatic ring is 1. The van der Waals surface area contributed by atoms with Gasteiger partial charge in [0.2, 0.25) is 5.88 Å². The molecular formula is C11H16N4O. The Kier molecular flexibility index (Phi) is 3.34. The molecule has 1 aromatic rings. The average Bonchev–Trinajstić information content (AvgIpc) is 2.79. The first-order chi connectivity index (χ1) is 7.77. The van der Waals surface area contributed by atoms with Gasteiger partial charge in [-0.25, -0.2) is 9.97 Å². The Morgan fingerprint density at radius 2 is 2.06 bits per heavy atom. The molecule has 0 aliphatic heterocycles. The van der Waals surface area contributed by atoms with E-state index in [1.807, 2.05) is 0 Å². The average molecular weight is 220 g/mol. The van der Waals surface area contributed by atoms with Crippen molar-refractivity contribution in [3.8, 4) is 5.88 Å². The van der Waals surface area contributed by atoms with Crippen LogP contribution in [-0.2, 0) is 0 Å². The van der Waals surface area contributed by atoms with Crippen LogP contribution in [0.4, 0.5) is 0 Å². The number of nitrogens with two attached hydrogens (primary N) is 1. The highest BCUT2D eigenvalue weighted by Crippen LogP contribution is 2.25. The Morgan fingerprint density at radius 3 is 2.75 bits per heavy atom. The molecule has 5 nitrogen and oxygen atoms in total. The third kappa shape index (κ3) is 2.48. The van der Waals surface area contributed by atoms with Crippen molar-refractivity contribution in [1.29, 1.82) is 5.41 Å². The molecule has 0 aromatic carbocycles. The zero-order valence-electron chi connectivity index (χ0n) is 9.15. The van der Waals surface area contributed by atoms with Crippen LogP contribution < -0.4 is 10.5 Å². The van der Waals surface area contributed by atoms with Crippen LogP contribution >= 0.6 is 0 Å². The first kappa shape index (κ1) is 10.9. The molecular weight excluding hydrogens is 204 g/mol. The summed E-state index contributed by atoms with van der Waals surface area (Å²) in [6, 6.07) is 0. The molecule has 16 heavy (non-hydrogen) atoms. The number of hydrogen-bond donors (Lipinski definition) is 2. The second-order valence-corrected chi connectivity index (χ2v) is 4.09. The topological polar surface area (TPSA) is 84.9 Å². The fourth-order valence-electron chi connectivity index (χ4n) is 1.99. The SMILES string of the molecule is N=C(N)c1nccnc1OCC1CCCC1. The molecule has 0 atom stereocenters. The van der Waals surface area contributed by atoms with E-state index in [1.165, 1.54) is 31.9 Å². The highest BCUT2D eigenvalue weighted by Gasteiger charge is 2.17. The van der Waals surface area contributed by atoms with Gasteiger partial charge in [0.15, 0.2) is 5.69 Å². The summed E-state index contributed by atoms with van der Waals surface area (Å²) in [7, 11) is 0. The van der Waals surface area contributed by atoms with E-state index in [1.54, 1.807) is 6.20 Å². The molecule has 0 bridgehead atoms. The van der Waals surface area contributed by atoms with Gasteiger partial charge >= 0.3 is 0 Å². The minimum atomic E-state index is -0.102. The van der Waals surface area contributed by atoms with Crippen molar-refractivity contribution in [3.05, 3.63) is 18.1 Å². The first-order valence-electron chi connectivity index (χ1n) is 5.55. The highest BCUT2D eigenvalue weighted by molar-refractivity contribution is 5.94. The summed E-state index contributed by atoms with van der Waals surface area (Å²) in [5.74, 6) is 0.887. The van der Waals surface area contributed by atoms with Crippen molar-refractivity contribution in [1.82, 2.24) is 9.97 Å². The minimum Gasteiger partial charge on any atom is -0.476 e. The van der Waals surface area contributed by atoms with Crippen LogP contribution in [0, 0.1) is 11.3 Å². The minimum absolute atomic E-state index is 0.102. The van der Waals surface area contributed by atoms with E-state index in [4.69, 9.17) is 15.9 Å². The number of hydrogen-bond acceptors (Lipinski definition) is 4. The lowest BCUT2D eigenvalue weighted by atomic mass is 10.1. The lowest BCUT2D eigenvalue weighted by molar-refractivity contribution is 0.242. The number of ether oxygens (including phenoxy) is 1. The zero-order chi connectivity index (χ0) is 11.4. The van der Waals surface area contributed by atoms with Crippen molar-refractivity contribution < 1.29 is 4.74 Å². The van der Waals surface area contributed by atoms with Crippen LogP contribution in [-0.4, -0.2) is 22.4 Å². The normalized spacial score (nSPS) is 16.2. The molecule has 0 unspecified atom stereocenters. The summed E-state index contributed by atoms with van der Waals surface area (Å²) in [4.78, 5) is 8.04. The standard InChI is InChI=1S/C11H16N4O/c12-10(13)9-11(15-6-5-14-9)16-7-8-3-1-2-4-8/h5-6,8H,1-4,7H2,(H3,12,13). The Bertz CT molecular complexity index is 374. The first-order valence-corrected chi connectivity index (χ1v) is 5.55. The van der Waals surface area contributed by atoms with E-state index in [0.29, 0.717) is 24.1 Å². The summed E-state index contributed by atoms with van der Waals surface area (Å²) in [6.07, 6.45) is 8.07. The smallest absolute Gasteiger partial charge is 0.243 e. The number of rotatable bonds is 4. The van der Waals surface area contributed by atoms with E-state index in [0.717, 1.165) is 0 Å². The molecule has 1 aliphatic rings. The molecule has 0 saturated heterocycles. The fraction of sp³-hybridized carbons (Fsp3) is 0.545. The predicted octanol–water partition coefficient (Wildman–Crippen LogP) is 1.33. The summed E-state index contributed by atoms with van der Waals surface area (Å²) < 4.78 is 5.59. The van der Waals surface area contributed by atoms with Crippen molar-refractivity contribution in [2.24, 2.45) is 11.7 Å². The molecule has 1 fully saturated rings. The largest absolute Gasteiger partial charge is 0.476 e. The molecule has 0 spiro atoms. The zero-order valence-corrected chi connectivity index (χ0v) is 9.15. The summed E-state index contributed by atoms with van der Waals surface area (Å²) >= 11 is 0. The molecule has 5 heteroatoms. The van der Waals surface area contributed by atoms with E-state index in [2.05, 4.69) is 9.97 Å². The van der Waals surface area contributed by atoms with Gasteiger partial charge in [-0.3, -0.25) is 5.41 Å². The van der Waals surface area contributed by atoms with E-state index in [9.17, 15) is 0 Å². The third-order valence-corrected chi connectivity index (χ3v) is 2.85. The molecule has 1 aromatic heterocycles. The number of nitrogens with zero attached hydrogens (tertiary/aromatic N) is 2. The number of amidine groups is 1. The van der Waals surface area contributed by atoms with Gasteiger partial charge in [0.25, 0.3) is 0 Å². The van der Waals surface area contributed by atoms with E-state index in [-0.39, 0.29) is 5.84 Å². The van der Waals surface area contributed by atoms with Crippen molar-refractivity contribution in [3.63, 3.8) is 0 Å². The Morgan fingerprint density at radius 1 is 1.38 bits per heavy atom. The quantitative estimate of drug-likeness (QED) is 0.592. The van der Waals surface area contributed by atoms with Gasteiger partial charge < -0.3 is 10.5 Å². The Hall–Kier alpha value is -1.65. The van der Waals surface area contributed by atoms with Crippen LogP contribution in [0.15, 0.2) is 12.4 Å². The van der Waals surface area contributed by atoms with Gasteiger partial charge in [-0.05, 0) is 18.8 Å². The van der Waals surface area contributed by atoms with Crippen molar-refractivity contribution >= 4 is 5.84 Å². The van der Waals surface area contributed by atoms with Crippen molar-refractivity contribution in [2.75, 3.05) is 6.61 Å². The fourth-order valence-corrected chi connectivity index (χ4v) is 1.99. The van der Waals surface area contributed by atoms with Gasteiger partial charge in [-0.1, -0.05) is 12.8 Å².